The second kappa shape index (κ2) is 6.73. The number of aryl methyl sites for hydroxylation is 1. The van der Waals surface area contributed by atoms with Crippen LogP contribution in [-0.4, -0.2) is 5.11 Å². The third-order valence-corrected chi connectivity index (χ3v) is 4.30. The molecule has 19 heavy (non-hydrogen) atoms. The standard InChI is InChI=1S/C16H20O2S/c1-3-12-9-10-13(19-12)11-18-16-8-6-5-7-14(16)15(17)4-2/h5-10,15,17H,3-4,11H2,1-2H3/t15-/m1/s1. The summed E-state index contributed by atoms with van der Waals surface area (Å²) in [5, 5.41) is 9.97. The van der Waals surface area contributed by atoms with E-state index < -0.39 is 6.10 Å². The summed E-state index contributed by atoms with van der Waals surface area (Å²) in [6.45, 7) is 4.69. The van der Waals surface area contributed by atoms with E-state index in [1.54, 1.807) is 11.3 Å². The van der Waals surface area contributed by atoms with Crippen LogP contribution in [0.2, 0.25) is 0 Å². The fourth-order valence-corrected chi connectivity index (χ4v) is 2.82. The highest BCUT2D eigenvalue weighted by atomic mass is 32.1. The number of rotatable bonds is 6. The smallest absolute Gasteiger partial charge is 0.125 e. The number of para-hydroxylation sites is 1. The van der Waals surface area contributed by atoms with E-state index in [-0.39, 0.29) is 0 Å². The molecule has 0 radical (unpaired) electrons. The van der Waals surface area contributed by atoms with Crippen molar-refractivity contribution in [2.24, 2.45) is 0 Å². The molecule has 2 nitrogen and oxygen atoms in total. The van der Waals surface area contributed by atoms with Gasteiger partial charge in [-0.05, 0) is 31.0 Å². The number of aliphatic hydroxyl groups is 1. The van der Waals surface area contributed by atoms with Crippen molar-refractivity contribution >= 4 is 11.3 Å². The van der Waals surface area contributed by atoms with Gasteiger partial charge in [0.2, 0.25) is 0 Å². The van der Waals surface area contributed by atoms with Crippen molar-refractivity contribution in [2.75, 3.05) is 0 Å². The predicted molar refractivity (Wildman–Crippen MR) is 79.7 cm³/mol. The minimum Gasteiger partial charge on any atom is -0.488 e. The SMILES string of the molecule is CCc1ccc(COc2ccccc2[C@H](O)CC)s1. The lowest BCUT2D eigenvalue weighted by Gasteiger charge is -2.14. The van der Waals surface area contributed by atoms with Gasteiger partial charge in [-0.3, -0.25) is 0 Å². The highest BCUT2D eigenvalue weighted by Crippen LogP contribution is 2.28. The van der Waals surface area contributed by atoms with Gasteiger partial charge < -0.3 is 9.84 Å². The number of hydrogen-bond acceptors (Lipinski definition) is 3. The lowest BCUT2D eigenvalue weighted by atomic mass is 10.1. The molecule has 0 fully saturated rings. The summed E-state index contributed by atoms with van der Waals surface area (Å²) in [6, 6.07) is 12.0. The van der Waals surface area contributed by atoms with Crippen LogP contribution in [0.4, 0.5) is 0 Å². The topological polar surface area (TPSA) is 29.5 Å². The van der Waals surface area contributed by atoms with Crippen molar-refractivity contribution < 1.29 is 9.84 Å². The van der Waals surface area contributed by atoms with Crippen LogP contribution in [0.25, 0.3) is 0 Å². The van der Waals surface area contributed by atoms with E-state index >= 15 is 0 Å². The van der Waals surface area contributed by atoms with E-state index in [0.717, 1.165) is 17.7 Å². The molecule has 0 amide bonds. The maximum absolute atomic E-state index is 9.97. The van der Waals surface area contributed by atoms with Crippen LogP contribution < -0.4 is 4.74 Å². The Labute approximate surface area is 118 Å². The van der Waals surface area contributed by atoms with Crippen LogP contribution in [-0.2, 0) is 13.0 Å². The summed E-state index contributed by atoms with van der Waals surface area (Å²) in [7, 11) is 0. The predicted octanol–water partition coefficient (Wildman–Crippen LogP) is 4.33. The lowest BCUT2D eigenvalue weighted by Crippen LogP contribution is -2.01. The molecule has 0 unspecified atom stereocenters. The molecule has 0 spiro atoms. The molecule has 1 aromatic heterocycles. The van der Waals surface area contributed by atoms with Crippen LogP contribution in [0.1, 0.15) is 41.7 Å². The van der Waals surface area contributed by atoms with Crippen molar-refractivity contribution in [3.05, 3.63) is 51.7 Å². The van der Waals surface area contributed by atoms with Gasteiger partial charge >= 0.3 is 0 Å². The van der Waals surface area contributed by atoms with Crippen molar-refractivity contribution in [2.45, 2.75) is 39.4 Å². The number of aliphatic hydroxyl groups excluding tert-OH is 1. The van der Waals surface area contributed by atoms with Gasteiger partial charge in [0.15, 0.2) is 0 Å². The van der Waals surface area contributed by atoms with Crippen molar-refractivity contribution in [3.63, 3.8) is 0 Å². The molecule has 1 aromatic carbocycles. The van der Waals surface area contributed by atoms with Gasteiger partial charge in [-0.1, -0.05) is 32.0 Å². The molecule has 0 saturated carbocycles. The molecule has 2 aromatic rings. The Hall–Kier alpha value is -1.32. The van der Waals surface area contributed by atoms with Gasteiger partial charge in [0.05, 0.1) is 6.10 Å². The first kappa shape index (κ1) is 14.1. The third kappa shape index (κ3) is 3.58. The van der Waals surface area contributed by atoms with Crippen molar-refractivity contribution in [3.8, 4) is 5.75 Å². The van der Waals surface area contributed by atoms with Crippen LogP contribution in [0, 0.1) is 0 Å². The summed E-state index contributed by atoms with van der Waals surface area (Å²) >= 11 is 1.78. The van der Waals surface area contributed by atoms with Gasteiger partial charge in [0.1, 0.15) is 12.4 Å². The average molecular weight is 276 g/mol. The third-order valence-electron chi connectivity index (χ3n) is 3.10. The normalized spacial score (nSPS) is 12.4. The molecule has 0 aliphatic rings. The van der Waals surface area contributed by atoms with E-state index in [1.165, 1.54) is 9.75 Å². The fourth-order valence-electron chi connectivity index (χ4n) is 1.95. The van der Waals surface area contributed by atoms with Crippen LogP contribution in [0.15, 0.2) is 36.4 Å². The summed E-state index contributed by atoms with van der Waals surface area (Å²) in [4.78, 5) is 2.60. The molecule has 0 bridgehead atoms. The Morgan fingerprint density at radius 2 is 1.84 bits per heavy atom. The zero-order valence-corrected chi connectivity index (χ0v) is 12.2. The Balaban J connectivity index is 2.06. The first-order valence-corrected chi connectivity index (χ1v) is 7.53. The highest BCUT2D eigenvalue weighted by Gasteiger charge is 2.11. The van der Waals surface area contributed by atoms with Gasteiger partial charge in [0, 0.05) is 15.3 Å². The van der Waals surface area contributed by atoms with E-state index in [4.69, 9.17) is 4.74 Å². The number of hydrogen-bond donors (Lipinski definition) is 1. The van der Waals surface area contributed by atoms with Crippen molar-refractivity contribution in [1.29, 1.82) is 0 Å². The maximum Gasteiger partial charge on any atom is 0.125 e. The molecular weight excluding hydrogens is 256 g/mol. The summed E-state index contributed by atoms with van der Waals surface area (Å²) in [5.74, 6) is 0.781. The second-order valence-corrected chi connectivity index (χ2v) is 5.73. The average Bonchev–Trinajstić information content (AvgIpc) is 2.92. The molecule has 3 heteroatoms. The first-order valence-electron chi connectivity index (χ1n) is 6.72. The molecule has 0 aliphatic carbocycles. The zero-order chi connectivity index (χ0) is 13.7. The van der Waals surface area contributed by atoms with E-state index in [2.05, 4.69) is 19.1 Å². The monoisotopic (exact) mass is 276 g/mol. The largest absolute Gasteiger partial charge is 0.488 e. The van der Waals surface area contributed by atoms with Gasteiger partial charge in [0.25, 0.3) is 0 Å². The molecule has 0 saturated heterocycles. The minimum absolute atomic E-state index is 0.453. The van der Waals surface area contributed by atoms with Gasteiger partial charge in [-0.15, -0.1) is 11.3 Å². The van der Waals surface area contributed by atoms with Gasteiger partial charge in [-0.25, -0.2) is 0 Å². The highest BCUT2D eigenvalue weighted by molar-refractivity contribution is 7.11. The zero-order valence-electron chi connectivity index (χ0n) is 11.4. The Bertz CT molecular complexity index is 519. The molecule has 1 N–H and O–H groups in total. The lowest BCUT2D eigenvalue weighted by molar-refractivity contribution is 0.166. The Morgan fingerprint density at radius 1 is 1.11 bits per heavy atom. The van der Waals surface area contributed by atoms with Crippen LogP contribution in [0.5, 0.6) is 5.75 Å². The molecule has 2 rings (SSSR count). The van der Waals surface area contributed by atoms with E-state index in [1.807, 2.05) is 31.2 Å². The summed E-state index contributed by atoms with van der Waals surface area (Å²) in [6.07, 6.45) is 1.31. The maximum atomic E-state index is 9.97. The summed E-state index contributed by atoms with van der Waals surface area (Å²) < 4.78 is 5.85. The second-order valence-electron chi connectivity index (χ2n) is 4.47. The van der Waals surface area contributed by atoms with Crippen molar-refractivity contribution in [1.82, 2.24) is 0 Å². The Morgan fingerprint density at radius 3 is 2.53 bits per heavy atom. The first-order chi connectivity index (χ1) is 9.24. The fraction of sp³-hybridized carbons (Fsp3) is 0.375. The van der Waals surface area contributed by atoms with Crippen LogP contribution >= 0.6 is 11.3 Å². The molecule has 1 heterocycles. The van der Waals surface area contributed by atoms with E-state index in [0.29, 0.717) is 13.0 Å². The molecule has 102 valence electrons. The number of thiophene rings is 1. The van der Waals surface area contributed by atoms with Gasteiger partial charge in [-0.2, -0.15) is 0 Å². The minimum atomic E-state index is -0.453. The van der Waals surface area contributed by atoms with Crippen LogP contribution in [0.3, 0.4) is 0 Å². The Kier molecular flexibility index (Phi) is 5.00. The quantitative estimate of drug-likeness (QED) is 0.850. The molecular formula is C16H20O2S. The van der Waals surface area contributed by atoms with E-state index in [9.17, 15) is 5.11 Å². The molecule has 1 atom stereocenters. The number of ether oxygens (including phenoxy) is 1. The summed E-state index contributed by atoms with van der Waals surface area (Å²) in [5.41, 5.74) is 0.872. The molecule has 0 aliphatic heterocycles. The number of benzene rings is 1.